The van der Waals surface area contributed by atoms with Gasteiger partial charge in [0.2, 0.25) is 0 Å². The summed E-state index contributed by atoms with van der Waals surface area (Å²) in [5, 5.41) is 2.88. The number of ketones is 1. The van der Waals surface area contributed by atoms with Crippen LogP contribution in [0.25, 0.3) is 0 Å². The summed E-state index contributed by atoms with van der Waals surface area (Å²) in [6, 6.07) is 7.81. The Bertz CT molecular complexity index is 1320. The minimum absolute atomic E-state index is 0.0484. The third kappa shape index (κ3) is 8.78. The van der Waals surface area contributed by atoms with E-state index in [1.54, 1.807) is 0 Å². The number of methoxy groups -OCH3 is 1. The minimum Gasteiger partial charge on any atom is -0.486 e. The van der Waals surface area contributed by atoms with E-state index in [0.29, 0.717) is 38.7 Å². The number of ether oxygens (including phenoxy) is 5. The number of carbonyl (C=O) groups excluding carboxylic acids is 3. The van der Waals surface area contributed by atoms with Crippen molar-refractivity contribution in [3.05, 3.63) is 58.1 Å². The zero-order valence-corrected chi connectivity index (χ0v) is 25.1. The van der Waals surface area contributed by atoms with Crippen molar-refractivity contribution in [2.45, 2.75) is 50.2 Å². The van der Waals surface area contributed by atoms with E-state index in [9.17, 15) is 23.2 Å². The second kappa shape index (κ2) is 14.7. The molecule has 0 heterocycles. The number of nitrogens with one attached hydrogen (secondary N) is 1. The molecule has 13 heteroatoms. The van der Waals surface area contributed by atoms with E-state index in [4.69, 9.17) is 46.9 Å². The molecule has 2 aromatic rings. The predicted molar refractivity (Wildman–Crippen MR) is 152 cm³/mol. The van der Waals surface area contributed by atoms with Gasteiger partial charge in [-0.15, -0.1) is 0 Å². The highest BCUT2D eigenvalue weighted by molar-refractivity contribution is 6.31. The second-order valence-electron chi connectivity index (χ2n) is 10.9. The van der Waals surface area contributed by atoms with E-state index in [1.807, 2.05) is 0 Å². The van der Waals surface area contributed by atoms with Gasteiger partial charge < -0.3 is 29.0 Å². The number of halogens is 4. The van der Waals surface area contributed by atoms with E-state index in [1.165, 1.54) is 31.4 Å². The molecule has 0 saturated heterocycles. The Morgan fingerprint density at radius 2 is 1.49 bits per heavy atom. The van der Waals surface area contributed by atoms with Crippen LogP contribution in [0.5, 0.6) is 11.5 Å². The lowest BCUT2D eigenvalue weighted by atomic mass is 9.54. The summed E-state index contributed by atoms with van der Waals surface area (Å²) >= 11 is 11.4. The first-order valence-electron chi connectivity index (χ1n) is 13.8. The van der Waals surface area contributed by atoms with Crippen molar-refractivity contribution >= 4 is 40.9 Å². The topological polar surface area (TPSA) is 109 Å². The lowest BCUT2D eigenvalue weighted by molar-refractivity contribution is -0.175. The van der Waals surface area contributed by atoms with Crippen molar-refractivity contribution < 1.29 is 46.8 Å². The zero-order chi connectivity index (χ0) is 31.0. The smallest absolute Gasteiger partial charge is 0.332 e. The highest BCUT2D eigenvalue weighted by Crippen LogP contribution is 2.55. The zero-order valence-electron chi connectivity index (χ0n) is 23.6. The lowest BCUT2D eigenvalue weighted by Crippen LogP contribution is -2.66. The van der Waals surface area contributed by atoms with Crippen molar-refractivity contribution in [3.8, 4) is 11.5 Å². The van der Waals surface area contributed by atoms with E-state index < -0.39 is 47.2 Å². The largest absolute Gasteiger partial charge is 0.486 e. The van der Waals surface area contributed by atoms with Gasteiger partial charge in [0.15, 0.2) is 12.4 Å². The van der Waals surface area contributed by atoms with Gasteiger partial charge in [-0.25, -0.2) is 13.6 Å². The molecule has 1 N–H and O–H groups in total. The van der Waals surface area contributed by atoms with Crippen molar-refractivity contribution in [1.82, 2.24) is 5.32 Å². The van der Waals surface area contributed by atoms with Crippen LogP contribution in [0.3, 0.4) is 0 Å². The van der Waals surface area contributed by atoms with Gasteiger partial charge in [0.25, 0.3) is 5.91 Å². The fourth-order valence-corrected chi connectivity index (χ4v) is 5.90. The molecule has 2 bridgehead atoms. The molecule has 1 amide bonds. The van der Waals surface area contributed by atoms with Crippen molar-refractivity contribution in [2.75, 3.05) is 40.1 Å². The number of rotatable bonds is 15. The average molecular weight is 644 g/mol. The molecule has 234 valence electrons. The van der Waals surface area contributed by atoms with Crippen LogP contribution in [0.2, 0.25) is 10.0 Å². The van der Waals surface area contributed by atoms with Gasteiger partial charge in [0.1, 0.15) is 42.5 Å². The number of amides is 1. The monoisotopic (exact) mass is 643 g/mol. The second-order valence-corrected chi connectivity index (χ2v) is 11.7. The quantitative estimate of drug-likeness (QED) is 0.211. The molecule has 3 fully saturated rings. The first kappa shape index (κ1) is 32.9. The minimum atomic E-state index is -0.879. The third-order valence-electron chi connectivity index (χ3n) is 7.88. The molecule has 2 aromatic carbocycles. The van der Waals surface area contributed by atoms with Crippen LogP contribution in [0.15, 0.2) is 36.4 Å². The normalized spacial score (nSPS) is 22.6. The SMILES string of the molecule is COCCOCC(=O)O[C@H]1CC2(CC(=O)COc3ccc(Cl)c(F)c3)CCC1(NC(=O)COc1ccc(Cl)c(F)c1)CC2. The van der Waals surface area contributed by atoms with Crippen LogP contribution in [0, 0.1) is 17.0 Å². The van der Waals surface area contributed by atoms with Gasteiger partial charge in [-0.1, -0.05) is 23.2 Å². The van der Waals surface area contributed by atoms with Crippen LogP contribution >= 0.6 is 23.2 Å². The molecule has 0 aliphatic heterocycles. The van der Waals surface area contributed by atoms with E-state index in [2.05, 4.69) is 5.32 Å². The van der Waals surface area contributed by atoms with Crippen molar-refractivity contribution in [3.63, 3.8) is 0 Å². The molecule has 43 heavy (non-hydrogen) atoms. The molecule has 3 saturated carbocycles. The molecule has 0 spiro atoms. The van der Waals surface area contributed by atoms with Gasteiger partial charge in [-0.05, 0) is 61.8 Å². The number of hydrogen-bond acceptors (Lipinski definition) is 8. The number of benzene rings is 2. The van der Waals surface area contributed by atoms with Gasteiger partial charge in [-0.2, -0.15) is 0 Å². The van der Waals surface area contributed by atoms with E-state index in [-0.39, 0.29) is 53.6 Å². The van der Waals surface area contributed by atoms with Gasteiger partial charge >= 0.3 is 5.97 Å². The summed E-state index contributed by atoms with van der Waals surface area (Å²) in [5.41, 5.74) is -1.35. The number of esters is 1. The Kier molecular flexibility index (Phi) is 11.2. The summed E-state index contributed by atoms with van der Waals surface area (Å²) in [7, 11) is 1.51. The first-order valence-corrected chi connectivity index (χ1v) is 14.5. The Morgan fingerprint density at radius 1 is 0.884 bits per heavy atom. The summed E-state index contributed by atoms with van der Waals surface area (Å²) in [5.74, 6) is -2.26. The highest BCUT2D eigenvalue weighted by Gasteiger charge is 2.57. The fraction of sp³-hybridized carbons (Fsp3) is 0.500. The number of Topliss-reactive ketones (excluding diaryl/α,β-unsaturated/α-hetero) is 1. The maximum absolute atomic E-state index is 13.8. The average Bonchev–Trinajstić information content (AvgIpc) is 2.97. The molecule has 0 unspecified atom stereocenters. The Morgan fingerprint density at radius 3 is 2.07 bits per heavy atom. The maximum atomic E-state index is 13.8. The number of hydrogen-bond donors (Lipinski definition) is 1. The number of carbonyl (C=O) groups is 3. The molecule has 9 nitrogen and oxygen atoms in total. The molecule has 3 aliphatic rings. The summed E-state index contributed by atoms with van der Waals surface area (Å²) in [6.07, 6.45) is 1.86. The van der Waals surface area contributed by atoms with Crippen LogP contribution in [0.1, 0.15) is 38.5 Å². The van der Waals surface area contributed by atoms with Gasteiger partial charge in [-0.3, -0.25) is 9.59 Å². The first-order chi connectivity index (χ1) is 20.5. The Hall–Kier alpha value is -2.99. The van der Waals surface area contributed by atoms with Gasteiger partial charge in [0.05, 0.1) is 28.8 Å². The van der Waals surface area contributed by atoms with E-state index >= 15 is 0 Å². The van der Waals surface area contributed by atoms with Crippen LogP contribution < -0.4 is 14.8 Å². The molecule has 0 radical (unpaired) electrons. The summed E-state index contributed by atoms with van der Waals surface area (Å²) in [6.45, 7) is -0.436. The molecule has 0 aromatic heterocycles. The molecule has 3 aliphatic carbocycles. The van der Waals surface area contributed by atoms with Crippen LogP contribution in [-0.4, -0.2) is 69.4 Å². The molecule has 1 atom stereocenters. The van der Waals surface area contributed by atoms with Gasteiger partial charge in [0, 0.05) is 25.7 Å². The van der Waals surface area contributed by atoms with E-state index in [0.717, 1.165) is 12.1 Å². The fourth-order valence-electron chi connectivity index (χ4n) is 5.67. The van der Waals surface area contributed by atoms with Crippen LogP contribution in [-0.2, 0) is 28.6 Å². The number of fused-ring (bicyclic) bond motifs is 3. The summed E-state index contributed by atoms with van der Waals surface area (Å²) in [4.78, 5) is 38.6. The molecular formula is C30H33Cl2F2NO8. The maximum Gasteiger partial charge on any atom is 0.332 e. The molecular weight excluding hydrogens is 611 g/mol. The predicted octanol–water partition coefficient (Wildman–Crippen LogP) is 5.08. The summed E-state index contributed by atoms with van der Waals surface area (Å²) < 4.78 is 54.5. The standard InChI is InChI=1S/C30H33Cl2F2NO8/c1-39-10-11-40-18-28(38)43-26-15-29(14-19(36)16-41-20-2-4-22(31)24(33)12-20)6-8-30(26,9-7-29)35-27(37)17-42-21-3-5-23(32)25(34)13-21/h2-5,12-13,26H,6-11,14-18H2,1H3,(H,35,37)/t26-,29?,30?/m0/s1. The Balaban J connectivity index is 1.40. The lowest BCUT2D eigenvalue weighted by Gasteiger charge is -2.57. The van der Waals surface area contributed by atoms with Crippen molar-refractivity contribution in [2.24, 2.45) is 5.41 Å². The van der Waals surface area contributed by atoms with Crippen molar-refractivity contribution in [1.29, 1.82) is 0 Å². The van der Waals surface area contributed by atoms with Crippen LogP contribution in [0.4, 0.5) is 8.78 Å². The molecule has 5 rings (SSSR count). The highest BCUT2D eigenvalue weighted by atomic mass is 35.5. The third-order valence-corrected chi connectivity index (χ3v) is 8.49. The Labute approximate surface area is 258 Å².